The molecule has 1 heterocycles. The van der Waals surface area contributed by atoms with E-state index in [0.29, 0.717) is 13.0 Å². The van der Waals surface area contributed by atoms with Crippen molar-refractivity contribution in [2.24, 2.45) is 4.99 Å². The first-order valence-corrected chi connectivity index (χ1v) is 8.86. The van der Waals surface area contributed by atoms with Crippen molar-refractivity contribution in [3.8, 4) is 0 Å². The molecule has 2 rings (SSSR count). The molecular weight excluding hydrogens is 316 g/mol. The molecule has 0 saturated carbocycles. The first kappa shape index (κ1) is 18.9. The molecule has 25 heavy (non-hydrogen) atoms. The molecule has 136 valence electrons. The van der Waals surface area contributed by atoms with Gasteiger partial charge in [0.15, 0.2) is 5.96 Å². The predicted molar refractivity (Wildman–Crippen MR) is 99.4 cm³/mol. The van der Waals surface area contributed by atoms with Gasteiger partial charge in [0, 0.05) is 32.6 Å². The fourth-order valence-corrected chi connectivity index (χ4v) is 2.52. The topological polar surface area (TPSA) is 87.4 Å². The molecule has 3 N–H and O–H groups in total. The number of aliphatic hydroxyl groups excluding tert-OH is 1. The SMILES string of the molecule is CCNC(=NCCC(O)c1ccccc1)NCCn1cnnc1CC. The Morgan fingerprint density at radius 3 is 2.76 bits per heavy atom. The maximum absolute atomic E-state index is 10.2. The van der Waals surface area contributed by atoms with Crippen molar-refractivity contribution < 1.29 is 5.11 Å². The van der Waals surface area contributed by atoms with Crippen LogP contribution in [0.15, 0.2) is 41.7 Å². The van der Waals surface area contributed by atoms with Crippen LogP contribution in [-0.4, -0.2) is 45.5 Å². The van der Waals surface area contributed by atoms with Gasteiger partial charge >= 0.3 is 0 Å². The molecule has 0 saturated heterocycles. The van der Waals surface area contributed by atoms with E-state index in [0.717, 1.165) is 43.4 Å². The van der Waals surface area contributed by atoms with E-state index in [1.165, 1.54) is 0 Å². The lowest BCUT2D eigenvalue weighted by molar-refractivity contribution is 0.170. The largest absolute Gasteiger partial charge is 0.388 e. The van der Waals surface area contributed by atoms with Crippen LogP contribution in [0.25, 0.3) is 0 Å². The number of aliphatic hydroxyl groups is 1. The average molecular weight is 344 g/mol. The number of aromatic nitrogens is 3. The highest BCUT2D eigenvalue weighted by atomic mass is 16.3. The minimum Gasteiger partial charge on any atom is -0.388 e. The van der Waals surface area contributed by atoms with Gasteiger partial charge in [-0.25, -0.2) is 0 Å². The Labute approximate surface area is 149 Å². The fraction of sp³-hybridized carbons (Fsp3) is 0.500. The zero-order valence-electron chi connectivity index (χ0n) is 15.0. The molecule has 2 aromatic rings. The van der Waals surface area contributed by atoms with E-state index in [1.807, 2.05) is 41.8 Å². The van der Waals surface area contributed by atoms with Gasteiger partial charge in [-0.3, -0.25) is 4.99 Å². The maximum atomic E-state index is 10.2. The second-order valence-corrected chi connectivity index (χ2v) is 5.70. The number of aryl methyl sites for hydroxylation is 1. The normalized spacial score (nSPS) is 12.8. The average Bonchev–Trinajstić information content (AvgIpc) is 3.10. The summed E-state index contributed by atoms with van der Waals surface area (Å²) in [6.45, 7) is 6.96. The third-order valence-electron chi connectivity index (χ3n) is 3.86. The lowest BCUT2D eigenvalue weighted by Gasteiger charge is -2.13. The first-order chi connectivity index (χ1) is 12.2. The summed E-state index contributed by atoms with van der Waals surface area (Å²) < 4.78 is 2.04. The molecule has 7 nitrogen and oxygen atoms in total. The Morgan fingerprint density at radius 2 is 2.04 bits per heavy atom. The van der Waals surface area contributed by atoms with Crippen LogP contribution in [-0.2, 0) is 13.0 Å². The van der Waals surface area contributed by atoms with E-state index < -0.39 is 6.10 Å². The van der Waals surface area contributed by atoms with Crippen molar-refractivity contribution in [3.63, 3.8) is 0 Å². The van der Waals surface area contributed by atoms with Crippen molar-refractivity contribution in [3.05, 3.63) is 48.0 Å². The van der Waals surface area contributed by atoms with Gasteiger partial charge in [-0.2, -0.15) is 0 Å². The molecular formula is C18H28N6O. The summed E-state index contributed by atoms with van der Waals surface area (Å²) in [4.78, 5) is 4.53. The van der Waals surface area contributed by atoms with Gasteiger partial charge in [0.25, 0.3) is 0 Å². The number of rotatable bonds is 9. The van der Waals surface area contributed by atoms with Crippen molar-refractivity contribution in [2.45, 2.75) is 39.3 Å². The molecule has 1 aromatic heterocycles. The van der Waals surface area contributed by atoms with Gasteiger partial charge in [-0.1, -0.05) is 37.3 Å². The molecule has 0 radical (unpaired) electrons. The van der Waals surface area contributed by atoms with Gasteiger partial charge < -0.3 is 20.3 Å². The smallest absolute Gasteiger partial charge is 0.191 e. The highest BCUT2D eigenvalue weighted by Gasteiger charge is 2.06. The molecule has 0 aliphatic rings. The van der Waals surface area contributed by atoms with Crippen molar-refractivity contribution >= 4 is 5.96 Å². The number of nitrogens with one attached hydrogen (secondary N) is 2. The monoisotopic (exact) mass is 344 g/mol. The number of guanidine groups is 1. The third-order valence-corrected chi connectivity index (χ3v) is 3.86. The second-order valence-electron chi connectivity index (χ2n) is 5.70. The van der Waals surface area contributed by atoms with Gasteiger partial charge in [0.2, 0.25) is 0 Å². The summed E-state index contributed by atoms with van der Waals surface area (Å²) in [6, 6.07) is 9.68. The van der Waals surface area contributed by atoms with E-state index in [9.17, 15) is 5.11 Å². The highest BCUT2D eigenvalue weighted by Crippen LogP contribution is 2.15. The summed E-state index contributed by atoms with van der Waals surface area (Å²) in [5.41, 5.74) is 0.926. The third kappa shape index (κ3) is 6.19. The van der Waals surface area contributed by atoms with Crippen molar-refractivity contribution in [1.29, 1.82) is 0 Å². The van der Waals surface area contributed by atoms with Crippen molar-refractivity contribution in [1.82, 2.24) is 25.4 Å². The molecule has 0 aliphatic carbocycles. The molecule has 0 fully saturated rings. The van der Waals surface area contributed by atoms with E-state index in [1.54, 1.807) is 6.33 Å². The van der Waals surface area contributed by atoms with Crippen LogP contribution in [0, 0.1) is 0 Å². The molecule has 0 aliphatic heterocycles. The summed E-state index contributed by atoms with van der Waals surface area (Å²) >= 11 is 0. The molecule has 0 spiro atoms. The number of aliphatic imine (C=N–C) groups is 1. The van der Waals surface area contributed by atoms with Crippen LogP contribution >= 0.6 is 0 Å². The minimum atomic E-state index is -0.489. The Bertz CT molecular complexity index is 640. The van der Waals surface area contributed by atoms with Crippen LogP contribution in [0.5, 0.6) is 0 Å². The van der Waals surface area contributed by atoms with Crippen LogP contribution in [0.3, 0.4) is 0 Å². The Morgan fingerprint density at radius 1 is 1.24 bits per heavy atom. The Hall–Kier alpha value is -2.41. The molecule has 1 aromatic carbocycles. The van der Waals surface area contributed by atoms with Crippen LogP contribution in [0.4, 0.5) is 0 Å². The molecule has 0 amide bonds. The quantitative estimate of drug-likeness (QED) is 0.474. The van der Waals surface area contributed by atoms with E-state index >= 15 is 0 Å². The number of hydrogen-bond donors (Lipinski definition) is 3. The molecule has 1 unspecified atom stereocenters. The standard InChI is InChI=1S/C18H28N6O/c1-3-17-23-22-14-24(17)13-12-21-18(19-4-2)20-11-10-16(25)15-8-6-5-7-9-15/h5-9,14,16,25H,3-4,10-13H2,1-2H3,(H2,19,20,21). The number of benzene rings is 1. The maximum Gasteiger partial charge on any atom is 0.191 e. The predicted octanol–water partition coefficient (Wildman–Crippen LogP) is 1.52. The summed E-state index contributed by atoms with van der Waals surface area (Å²) in [5.74, 6) is 1.74. The molecule has 0 bridgehead atoms. The van der Waals surface area contributed by atoms with Crippen LogP contribution in [0.2, 0.25) is 0 Å². The zero-order valence-corrected chi connectivity index (χ0v) is 15.0. The molecule has 7 heteroatoms. The van der Waals surface area contributed by atoms with E-state index in [-0.39, 0.29) is 0 Å². The molecule has 1 atom stereocenters. The van der Waals surface area contributed by atoms with E-state index in [2.05, 4.69) is 32.7 Å². The van der Waals surface area contributed by atoms with Gasteiger partial charge in [-0.15, -0.1) is 10.2 Å². The Balaban J connectivity index is 1.79. The summed E-state index contributed by atoms with van der Waals surface area (Å²) in [5, 5.41) is 24.7. The summed E-state index contributed by atoms with van der Waals surface area (Å²) in [7, 11) is 0. The lowest BCUT2D eigenvalue weighted by Crippen LogP contribution is -2.39. The van der Waals surface area contributed by atoms with Gasteiger partial charge in [-0.05, 0) is 18.9 Å². The zero-order chi connectivity index (χ0) is 17.9. The van der Waals surface area contributed by atoms with Crippen molar-refractivity contribution in [2.75, 3.05) is 19.6 Å². The van der Waals surface area contributed by atoms with Gasteiger partial charge in [0.1, 0.15) is 12.2 Å². The second kappa shape index (κ2) is 10.5. The summed E-state index contributed by atoms with van der Waals surface area (Å²) in [6.07, 6.45) is 2.72. The van der Waals surface area contributed by atoms with Crippen LogP contribution in [0.1, 0.15) is 37.8 Å². The van der Waals surface area contributed by atoms with Crippen LogP contribution < -0.4 is 10.6 Å². The lowest BCUT2D eigenvalue weighted by atomic mass is 10.1. The Kier molecular flexibility index (Phi) is 7.91. The van der Waals surface area contributed by atoms with E-state index in [4.69, 9.17) is 0 Å². The number of hydrogen-bond acceptors (Lipinski definition) is 4. The number of nitrogens with zero attached hydrogens (tertiary/aromatic N) is 4. The fourth-order valence-electron chi connectivity index (χ4n) is 2.52. The first-order valence-electron chi connectivity index (χ1n) is 8.86. The minimum absolute atomic E-state index is 0.489. The highest BCUT2D eigenvalue weighted by molar-refractivity contribution is 5.79. The van der Waals surface area contributed by atoms with Gasteiger partial charge in [0.05, 0.1) is 6.10 Å².